The van der Waals surface area contributed by atoms with Crippen molar-refractivity contribution in [2.45, 2.75) is 19.4 Å². The third-order valence-corrected chi connectivity index (χ3v) is 4.58. The van der Waals surface area contributed by atoms with Gasteiger partial charge in [-0.25, -0.2) is 14.6 Å². The summed E-state index contributed by atoms with van der Waals surface area (Å²) in [6.45, 7) is 3.03. The lowest BCUT2D eigenvalue weighted by atomic mass is 10.3. The summed E-state index contributed by atoms with van der Waals surface area (Å²) in [5, 5.41) is 8.23. The van der Waals surface area contributed by atoms with Crippen LogP contribution in [0.4, 0.5) is 5.82 Å². The van der Waals surface area contributed by atoms with E-state index in [0.717, 1.165) is 29.9 Å². The number of aromatic nitrogens is 4. The van der Waals surface area contributed by atoms with Gasteiger partial charge in [0.25, 0.3) is 5.91 Å². The van der Waals surface area contributed by atoms with E-state index in [1.165, 1.54) is 12.8 Å². The summed E-state index contributed by atoms with van der Waals surface area (Å²) in [5.41, 5.74) is 0.793. The highest BCUT2D eigenvalue weighted by atomic mass is 16.5. The van der Waals surface area contributed by atoms with Crippen molar-refractivity contribution in [3.63, 3.8) is 0 Å². The molecule has 8 heteroatoms. The first-order valence-corrected chi connectivity index (χ1v) is 9.17. The lowest BCUT2D eigenvalue weighted by Crippen LogP contribution is -2.31. The molecule has 0 bridgehead atoms. The van der Waals surface area contributed by atoms with Crippen molar-refractivity contribution in [1.82, 2.24) is 25.1 Å². The molecule has 0 spiro atoms. The summed E-state index contributed by atoms with van der Waals surface area (Å²) in [7, 11) is 0. The van der Waals surface area contributed by atoms with E-state index in [0.29, 0.717) is 18.8 Å². The van der Waals surface area contributed by atoms with Crippen LogP contribution in [0.25, 0.3) is 11.0 Å². The first-order chi connectivity index (χ1) is 13.3. The van der Waals surface area contributed by atoms with Gasteiger partial charge in [0.15, 0.2) is 12.3 Å². The molecule has 1 aromatic carbocycles. The molecule has 0 aliphatic carbocycles. The summed E-state index contributed by atoms with van der Waals surface area (Å²) in [4.78, 5) is 23.0. The van der Waals surface area contributed by atoms with Gasteiger partial charge in [0.05, 0.1) is 18.1 Å². The highest BCUT2D eigenvalue weighted by Crippen LogP contribution is 2.25. The minimum atomic E-state index is -0.164. The molecule has 2 aromatic heterocycles. The first-order valence-electron chi connectivity index (χ1n) is 9.17. The van der Waals surface area contributed by atoms with Crippen LogP contribution in [-0.4, -0.2) is 51.9 Å². The molecule has 27 heavy (non-hydrogen) atoms. The largest absolute Gasteiger partial charge is 0.484 e. The summed E-state index contributed by atoms with van der Waals surface area (Å²) < 4.78 is 7.24. The Morgan fingerprint density at radius 1 is 1.15 bits per heavy atom. The Hall–Kier alpha value is -3.16. The minimum Gasteiger partial charge on any atom is -0.484 e. The van der Waals surface area contributed by atoms with Crippen LogP contribution in [0.2, 0.25) is 0 Å². The van der Waals surface area contributed by atoms with Gasteiger partial charge >= 0.3 is 0 Å². The first kappa shape index (κ1) is 17.3. The lowest BCUT2D eigenvalue weighted by molar-refractivity contribution is -0.123. The summed E-state index contributed by atoms with van der Waals surface area (Å²) >= 11 is 0. The summed E-state index contributed by atoms with van der Waals surface area (Å²) in [6, 6.07) is 9.28. The highest BCUT2D eigenvalue weighted by Gasteiger charge is 2.18. The molecule has 1 aliphatic heterocycles. The quantitative estimate of drug-likeness (QED) is 0.684. The van der Waals surface area contributed by atoms with E-state index in [2.05, 4.69) is 25.3 Å². The number of fused-ring (bicyclic) bond motifs is 1. The Morgan fingerprint density at radius 3 is 2.78 bits per heavy atom. The third kappa shape index (κ3) is 3.99. The zero-order chi connectivity index (χ0) is 18.5. The van der Waals surface area contributed by atoms with Gasteiger partial charge in [-0.15, -0.1) is 0 Å². The SMILES string of the molecule is O=C(COc1ccccc1)NCCn1ncc2c(N3CCCC3)ncnc21. The second-order valence-electron chi connectivity index (χ2n) is 6.45. The molecule has 8 nitrogen and oxygen atoms in total. The van der Waals surface area contributed by atoms with Crippen molar-refractivity contribution >= 4 is 22.8 Å². The zero-order valence-electron chi connectivity index (χ0n) is 15.0. The normalized spacial score (nSPS) is 13.9. The molecule has 1 amide bonds. The Kier molecular flexibility index (Phi) is 5.13. The number of anilines is 1. The molecule has 140 valence electrons. The Morgan fingerprint density at radius 2 is 1.96 bits per heavy atom. The number of carbonyl (C=O) groups excluding carboxylic acids is 1. The van der Waals surface area contributed by atoms with Crippen LogP contribution in [0.5, 0.6) is 5.75 Å². The van der Waals surface area contributed by atoms with Gasteiger partial charge in [-0.3, -0.25) is 4.79 Å². The fourth-order valence-electron chi connectivity index (χ4n) is 3.24. The van der Waals surface area contributed by atoms with E-state index in [9.17, 15) is 4.79 Å². The topological polar surface area (TPSA) is 85.2 Å². The van der Waals surface area contributed by atoms with Crippen molar-refractivity contribution in [1.29, 1.82) is 0 Å². The molecule has 1 fully saturated rings. The molecule has 1 N–H and O–H groups in total. The van der Waals surface area contributed by atoms with Gasteiger partial charge in [0.2, 0.25) is 0 Å². The number of hydrogen-bond acceptors (Lipinski definition) is 6. The van der Waals surface area contributed by atoms with E-state index in [-0.39, 0.29) is 12.5 Å². The summed E-state index contributed by atoms with van der Waals surface area (Å²) in [5.74, 6) is 1.46. The van der Waals surface area contributed by atoms with E-state index >= 15 is 0 Å². The Labute approximate surface area is 157 Å². The molecule has 3 aromatic rings. The number of ether oxygens (including phenoxy) is 1. The van der Waals surface area contributed by atoms with Crippen LogP contribution in [0, 0.1) is 0 Å². The molecule has 1 saturated heterocycles. The number of hydrogen-bond donors (Lipinski definition) is 1. The van der Waals surface area contributed by atoms with Gasteiger partial charge in [-0.05, 0) is 25.0 Å². The van der Waals surface area contributed by atoms with Gasteiger partial charge in [0, 0.05) is 19.6 Å². The van der Waals surface area contributed by atoms with E-state index < -0.39 is 0 Å². The fraction of sp³-hybridized carbons (Fsp3) is 0.368. The lowest BCUT2D eigenvalue weighted by Gasteiger charge is -2.16. The molecule has 0 saturated carbocycles. The molecule has 0 unspecified atom stereocenters. The van der Waals surface area contributed by atoms with E-state index in [1.807, 2.05) is 36.5 Å². The van der Waals surface area contributed by atoms with Gasteiger partial charge in [-0.1, -0.05) is 18.2 Å². The van der Waals surface area contributed by atoms with Crippen molar-refractivity contribution in [3.05, 3.63) is 42.9 Å². The van der Waals surface area contributed by atoms with Crippen molar-refractivity contribution in [3.8, 4) is 5.75 Å². The van der Waals surface area contributed by atoms with Gasteiger partial charge in [0.1, 0.15) is 17.9 Å². The van der Waals surface area contributed by atoms with E-state index in [4.69, 9.17) is 4.74 Å². The van der Waals surface area contributed by atoms with E-state index in [1.54, 1.807) is 11.0 Å². The maximum Gasteiger partial charge on any atom is 0.258 e. The maximum atomic E-state index is 11.9. The predicted molar refractivity (Wildman–Crippen MR) is 102 cm³/mol. The predicted octanol–water partition coefficient (Wildman–Crippen LogP) is 1.62. The van der Waals surface area contributed by atoms with Crippen LogP contribution in [0.15, 0.2) is 42.9 Å². The number of carbonyl (C=O) groups is 1. The van der Waals surface area contributed by atoms with Crippen LogP contribution in [-0.2, 0) is 11.3 Å². The average molecular weight is 366 g/mol. The van der Waals surface area contributed by atoms with Crippen molar-refractivity contribution in [2.75, 3.05) is 31.1 Å². The molecule has 4 rings (SSSR count). The molecule has 0 radical (unpaired) electrons. The van der Waals surface area contributed by atoms with Crippen molar-refractivity contribution < 1.29 is 9.53 Å². The minimum absolute atomic E-state index is 0.00878. The fourth-order valence-corrected chi connectivity index (χ4v) is 3.24. The smallest absolute Gasteiger partial charge is 0.258 e. The number of nitrogens with zero attached hydrogens (tertiary/aromatic N) is 5. The summed E-state index contributed by atoms with van der Waals surface area (Å²) in [6.07, 6.45) is 5.78. The molecular weight excluding hydrogens is 344 g/mol. The number of benzene rings is 1. The molecule has 1 aliphatic rings. The maximum absolute atomic E-state index is 11.9. The van der Waals surface area contributed by atoms with Crippen molar-refractivity contribution in [2.24, 2.45) is 0 Å². The van der Waals surface area contributed by atoms with Gasteiger partial charge < -0.3 is 15.0 Å². The average Bonchev–Trinajstić information content (AvgIpc) is 3.37. The third-order valence-electron chi connectivity index (χ3n) is 4.58. The highest BCUT2D eigenvalue weighted by molar-refractivity contribution is 5.86. The monoisotopic (exact) mass is 366 g/mol. The Bertz CT molecular complexity index is 905. The molecule has 0 atom stereocenters. The van der Waals surface area contributed by atoms with Gasteiger partial charge in [-0.2, -0.15) is 5.10 Å². The number of rotatable bonds is 7. The second kappa shape index (κ2) is 8.03. The van der Waals surface area contributed by atoms with Crippen LogP contribution >= 0.6 is 0 Å². The standard InChI is InChI=1S/C19H22N6O2/c26-17(13-27-15-6-2-1-3-7-15)20-8-11-25-19-16(12-23-25)18(21-14-22-19)24-9-4-5-10-24/h1-3,6-7,12,14H,4-5,8-11,13H2,(H,20,26). The zero-order valence-corrected chi connectivity index (χ0v) is 15.0. The molecular formula is C19H22N6O2. The number of amides is 1. The second-order valence-corrected chi connectivity index (χ2v) is 6.45. The number of nitrogens with one attached hydrogen (secondary N) is 1. The molecule has 3 heterocycles. The van der Waals surface area contributed by atoms with Crippen LogP contribution < -0.4 is 15.0 Å². The van der Waals surface area contributed by atoms with Crippen LogP contribution in [0.1, 0.15) is 12.8 Å². The Balaban J connectivity index is 1.32. The number of para-hydroxylation sites is 1. The van der Waals surface area contributed by atoms with Crippen LogP contribution in [0.3, 0.4) is 0 Å².